The van der Waals surface area contributed by atoms with E-state index >= 15 is 0 Å². The minimum absolute atomic E-state index is 0.0633. The largest absolute Gasteiger partial charge is 0.409 e. The first-order chi connectivity index (χ1) is 8.73. The second-order valence-electron chi connectivity index (χ2n) is 6.98. The average Bonchev–Trinajstić information content (AvgIpc) is 3.18. The van der Waals surface area contributed by atoms with Gasteiger partial charge in [-0.1, -0.05) is 32.9 Å². The maximum absolute atomic E-state index is 12.7. The maximum atomic E-state index is 12.7. The molecular formula is C14H25N3O2. The van der Waals surface area contributed by atoms with Gasteiger partial charge in [0.25, 0.3) is 0 Å². The lowest BCUT2D eigenvalue weighted by Crippen LogP contribution is -2.38. The molecule has 2 aliphatic rings. The number of hydrogen-bond acceptors (Lipinski definition) is 3. The fourth-order valence-electron chi connectivity index (χ4n) is 3.12. The number of amidine groups is 1. The summed E-state index contributed by atoms with van der Waals surface area (Å²) in [6.07, 6.45) is 2.59. The smallest absolute Gasteiger partial charge is 0.227 e. The normalized spacial score (nSPS) is 25.2. The molecule has 1 amide bonds. The first kappa shape index (κ1) is 14.2. The number of amides is 1. The Morgan fingerprint density at radius 3 is 2.21 bits per heavy atom. The summed E-state index contributed by atoms with van der Waals surface area (Å²) in [6, 6.07) is 0.367. The number of carbonyl (C=O) groups is 1. The molecular weight excluding hydrogens is 242 g/mol. The topological polar surface area (TPSA) is 78.9 Å². The predicted molar refractivity (Wildman–Crippen MR) is 73.8 cm³/mol. The van der Waals surface area contributed by atoms with Crippen molar-refractivity contribution < 1.29 is 10.0 Å². The summed E-state index contributed by atoms with van der Waals surface area (Å²) in [5.74, 6) is 0.517. The van der Waals surface area contributed by atoms with Gasteiger partial charge in [-0.2, -0.15) is 0 Å². The van der Waals surface area contributed by atoms with Crippen molar-refractivity contribution >= 4 is 11.7 Å². The molecule has 5 heteroatoms. The Balaban J connectivity index is 2.03. The standard InChI is InChI=1S/C14H25N3O2/c1-13(2)11(14(13,3)4)12(18)17(9-5-6-9)8-7-10(15)16-19/h9,11,19H,5-8H2,1-4H3,(H2,15,16). The SMILES string of the molecule is CC1(C)C(C(=O)N(CCC(N)=NO)C2CC2)C1(C)C. The van der Waals surface area contributed by atoms with E-state index in [4.69, 9.17) is 10.9 Å². The molecule has 0 unspecified atom stereocenters. The first-order valence-electron chi connectivity index (χ1n) is 7.00. The molecule has 2 saturated carbocycles. The van der Waals surface area contributed by atoms with Crippen molar-refractivity contribution in [3.05, 3.63) is 0 Å². The lowest BCUT2D eigenvalue weighted by Gasteiger charge is -2.23. The summed E-state index contributed by atoms with van der Waals surface area (Å²) in [7, 11) is 0. The van der Waals surface area contributed by atoms with Gasteiger partial charge in [0, 0.05) is 24.9 Å². The van der Waals surface area contributed by atoms with Gasteiger partial charge in [0.1, 0.15) is 5.84 Å². The molecule has 108 valence electrons. The Morgan fingerprint density at radius 1 is 1.32 bits per heavy atom. The van der Waals surface area contributed by atoms with Crippen LogP contribution in [0.1, 0.15) is 47.0 Å². The highest BCUT2D eigenvalue weighted by atomic mass is 16.4. The van der Waals surface area contributed by atoms with Crippen molar-refractivity contribution in [1.82, 2.24) is 4.90 Å². The minimum Gasteiger partial charge on any atom is -0.409 e. The summed E-state index contributed by atoms with van der Waals surface area (Å²) in [5, 5.41) is 11.6. The summed E-state index contributed by atoms with van der Waals surface area (Å²) < 4.78 is 0. The molecule has 0 aromatic rings. The van der Waals surface area contributed by atoms with E-state index in [0.717, 1.165) is 12.8 Å². The Hall–Kier alpha value is -1.26. The number of nitrogens with zero attached hydrogens (tertiary/aromatic N) is 2. The number of carbonyl (C=O) groups excluding carboxylic acids is 1. The Labute approximate surface area is 114 Å². The number of nitrogens with two attached hydrogens (primary N) is 1. The van der Waals surface area contributed by atoms with Crippen LogP contribution in [0.4, 0.5) is 0 Å². The fourth-order valence-corrected chi connectivity index (χ4v) is 3.12. The third-order valence-electron chi connectivity index (χ3n) is 5.28. The summed E-state index contributed by atoms with van der Waals surface area (Å²) in [4.78, 5) is 14.6. The molecule has 0 atom stereocenters. The fraction of sp³-hybridized carbons (Fsp3) is 0.857. The van der Waals surface area contributed by atoms with Crippen LogP contribution >= 0.6 is 0 Å². The van der Waals surface area contributed by atoms with Gasteiger partial charge in [-0.05, 0) is 23.7 Å². The van der Waals surface area contributed by atoms with Gasteiger partial charge < -0.3 is 15.8 Å². The third kappa shape index (κ3) is 2.30. The first-order valence-corrected chi connectivity index (χ1v) is 7.00. The van der Waals surface area contributed by atoms with Crippen LogP contribution in [0, 0.1) is 16.7 Å². The van der Waals surface area contributed by atoms with E-state index in [1.165, 1.54) is 0 Å². The molecule has 0 aromatic carbocycles. The zero-order valence-electron chi connectivity index (χ0n) is 12.3. The number of hydrogen-bond donors (Lipinski definition) is 2. The molecule has 3 N–H and O–H groups in total. The van der Waals surface area contributed by atoms with Crippen molar-refractivity contribution in [2.75, 3.05) is 6.54 Å². The minimum atomic E-state index is 0.0633. The molecule has 2 rings (SSSR count). The van der Waals surface area contributed by atoms with Crippen LogP contribution in [0.5, 0.6) is 0 Å². The second-order valence-corrected chi connectivity index (χ2v) is 6.98. The molecule has 2 fully saturated rings. The molecule has 0 heterocycles. The molecule has 0 aliphatic heterocycles. The van der Waals surface area contributed by atoms with Gasteiger partial charge in [-0.3, -0.25) is 4.79 Å². The third-order valence-corrected chi connectivity index (χ3v) is 5.28. The zero-order valence-corrected chi connectivity index (χ0v) is 12.3. The summed E-state index contributed by atoms with van der Waals surface area (Å²) in [5.41, 5.74) is 5.63. The molecule has 0 saturated heterocycles. The zero-order chi connectivity index (χ0) is 14.4. The van der Waals surface area contributed by atoms with Gasteiger partial charge in [-0.25, -0.2) is 0 Å². The van der Waals surface area contributed by atoms with Crippen LogP contribution in [-0.4, -0.2) is 34.4 Å². The van der Waals surface area contributed by atoms with Crippen LogP contribution < -0.4 is 5.73 Å². The van der Waals surface area contributed by atoms with Gasteiger partial charge >= 0.3 is 0 Å². The highest BCUT2D eigenvalue weighted by Gasteiger charge is 2.69. The van der Waals surface area contributed by atoms with Gasteiger partial charge in [0.2, 0.25) is 5.91 Å². The van der Waals surface area contributed by atoms with E-state index in [1.807, 2.05) is 4.90 Å². The quantitative estimate of drug-likeness (QED) is 0.345. The van der Waals surface area contributed by atoms with Crippen molar-refractivity contribution in [2.24, 2.45) is 27.6 Å². The molecule has 0 bridgehead atoms. The van der Waals surface area contributed by atoms with E-state index in [9.17, 15) is 4.79 Å². The van der Waals surface area contributed by atoms with Crippen LogP contribution in [0.3, 0.4) is 0 Å². The van der Waals surface area contributed by atoms with Crippen molar-refractivity contribution in [1.29, 1.82) is 0 Å². The maximum Gasteiger partial charge on any atom is 0.227 e. The summed E-state index contributed by atoms with van der Waals surface area (Å²) in [6.45, 7) is 9.19. The molecule has 19 heavy (non-hydrogen) atoms. The molecule has 0 spiro atoms. The van der Waals surface area contributed by atoms with Crippen LogP contribution in [0.25, 0.3) is 0 Å². The highest BCUT2D eigenvalue weighted by molar-refractivity contribution is 5.86. The Morgan fingerprint density at radius 2 is 1.84 bits per heavy atom. The van der Waals surface area contributed by atoms with Crippen LogP contribution in [0.2, 0.25) is 0 Å². The lowest BCUT2D eigenvalue weighted by molar-refractivity contribution is -0.134. The van der Waals surface area contributed by atoms with Crippen molar-refractivity contribution in [2.45, 2.75) is 53.0 Å². The number of rotatable bonds is 5. The average molecular weight is 267 g/mol. The predicted octanol–water partition coefficient (Wildman–Crippen LogP) is 1.80. The van der Waals surface area contributed by atoms with E-state index in [-0.39, 0.29) is 28.5 Å². The van der Waals surface area contributed by atoms with E-state index in [2.05, 4.69) is 32.9 Å². The van der Waals surface area contributed by atoms with E-state index in [1.54, 1.807) is 0 Å². The Kier molecular flexibility index (Phi) is 3.27. The monoisotopic (exact) mass is 267 g/mol. The van der Waals surface area contributed by atoms with Crippen LogP contribution in [0.15, 0.2) is 5.16 Å². The molecule has 0 aromatic heterocycles. The highest BCUT2D eigenvalue weighted by Crippen LogP contribution is 2.69. The van der Waals surface area contributed by atoms with Gasteiger partial charge in [0.15, 0.2) is 0 Å². The van der Waals surface area contributed by atoms with E-state index < -0.39 is 0 Å². The van der Waals surface area contributed by atoms with E-state index in [0.29, 0.717) is 19.0 Å². The number of oxime groups is 1. The summed E-state index contributed by atoms with van der Waals surface area (Å²) >= 11 is 0. The van der Waals surface area contributed by atoms with Crippen LogP contribution in [-0.2, 0) is 4.79 Å². The second kappa shape index (κ2) is 4.39. The molecule has 0 radical (unpaired) electrons. The molecule has 5 nitrogen and oxygen atoms in total. The lowest BCUT2D eigenvalue weighted by atomic mass is 10.0. The van der Waals surface area contributed by atoms with Crippen molar-refractivity contribution in [3.63, 3.8) is 0 Å². The van der Waals surface area contributed by atoms with Gasteiger partial charge in [0.05, 0.1) is 0 Å². The Bertz CT molecular complexity index is 397. The molecule has 2 aliphatic carbocycles. The van der Waals surface area contributed by atoms with Crippen molar-refractivity contribution in [3.8, 4) is 0 Å². The van der Waals surface area contributed by atoms with Gasteiger partial charge in [-0.15, -0.1) is 0 Å².